The Morgan fingerprint density at radius 2 is 1.89 bits per heavy atom. The van der Waals surface area contributed by atoms with Gasteiger partial charge in [0.15, 0.2) is 15.0 Å². The number of sulfone groups is 1. The summed E-state index contributed by atoms with van der Waals surface area (Å²) in [6, 6.07) is 14.5. The van der Waals surface area contributed by atoms with Gasteiger partial charge in [0.25, 0.3) is 5.91 Å². The number of aromatic nitrogens is 2. The summed E-state index contributed by atoms with van der Waals surface area (Å²) in [7, 11) is -3.10. The number of thiazole rings is 1. The Bertz CT molecular complexity index is 1260. The molecule has 0 atom stereocenters. The van der Waals surface area contributed by atoms with Gasteiger partial charge < -0.3 is 4.98 Å². The predicted molar refractivity (Wildman–Crippen MR) is 112 cm³/mol. The molecule has 8 heteroatoms. The first-order valence-corrected chi connectivity index (χ1v) is 11.4. The highest BCUT2D eigenvalue weighted by molar-refractivity contribution is 7.89. The van der Waals surface area contributed by atoms with Crippen molar-refractivity contribution in [2.75, 3.05) is 11.6 Å². The summed E-state index contributed by atoms with van der Waals surface area (Å²) in [5.41, 5.74) is 3.90. The minimum atomic E-state index is -3.10. The highest BCUT2D eigenvalue weighted by Gasteiger charge is 2.13. The van der Waals surface area contributed by atoms with Crippen molar-refractivity contribution >= 4 is 43.1 Å². The van der Waals surface area contributed by atoms with Gasteiger partial charge in [0.2, 0.25) is 0 Å². The van der Waals surface area contributed by atoms with Gasteiger partial charge in [-0.05, 0) is 23.8 Å². The lowest BCUT2D eigenvalue weighted by molar-refractivity contribution is 0.102. The maximum absolute atomic E-state index is 12.4. The van der Waals surface area contributed by atoms with Gasteiger partial charge in [0.1, 0.15) is 0 Å². The molecule has 0 bridgehead atoms. The van der Waals surface area contributed by atoms with Crippen LogP contribution in [-0.4, -0.2) is 30.5 Å². The standard InChI is InChI=1S/C20H17N3O3S2/c1-28(25,26)12-13-6-8-14(9-7-13)19(24)23-20-22-18(11-27-20)16-10-21-17-5-3-2-4-15(16)17/h2-11,21H,12H2,1H3,(H,22,23,24). The number of carbonyl (C=O) groups excluding carboxylic acids is 1. The minimum absolute atomic E-state index is 0.0463. The maximum atomic E-state index is 12.4. The Labute approximate surface area is 166 Å². The number of amides is 1. The number of anilines is 1. The van der Waals surface area contributed by atoms with Crippen LogP contribution in [0.25, 0.3) is 22.2 Å². The molecule has 6 nitrogen and oxygen atoms in total. The maximum Gasteiger partial charge on any atom is 0.257 e. The summed E-state index contributed by atoms with van der Waals surface area (Å²) in [5, 5.41) is 6.28. The third-order valence-corrected chi connectivity index (χ3v) is 5.85. The van der Waals surface area contributed by atoms with Gasteiger partial charge in [-0.1, -0.05) is 30.3 Å². The van der Waals surface area contributed by atoms with Crippen LogP contribution in [0.2, 0.25) is 0 Å². The van der Waals surface area contributed by atoms with Crippen LogP contribution in [0.15, 0.2) is 60.1 Å². The van der Waals surface area contributed by atoms with Crippen molar-refractivity contribution in [3.05, 3.63) is 71.2 Å². The monoisotopic (exact) mass is 411 g/mol. The van der Waals surface area contributed by atoms with E-state index in [0.29, 0.717) is 16.3 Å². The van der Waals surface area contributed by atoms with E-state index in [0.717, 1.165) is 22.2 Å². The molecule has 0 fully saturated rings. The Hall–Kier alpha value is -2.97. The fraction of sp³-hybridized carbons (Fsp3) is 0.100. The topological polar surface area (TPSA) is 91.9 Å². The van der Waals surface area contributed by atoms with Crippen molar-refractivity contribution in [2.45, 2.75) is 5.75 Å². The molecule has 2 heterocycles. The first kappa shape index (κ1) is 18.4. The Morgan fingerprint density at radius 3 is 2.64 bits per heavy atom. The van der Waals surface area contributed by atoms with Crippen LogP contribution >= 0.6 is 11.3 Å². The van der Waals surface area contributed by atoms with Crippen LogP contribution in [0.3, 0.4) is 0 Å². The molecule has 0 aliphatic carbocycles. The van der Waals surface area contributed by atoms with E-state index in [4.69, 9.17) is 0 Å². The molecule has 2 aromatic carbocycles. The van der Waals surface area contributed by atoms with Crippen LogP contribution in [0.5, 0.6) is 0 Å². The molecule has 0 radical (unpaired) electrons. The molecular weight excluding hydrogens is 394 g/mol. The Morgan fingerprint density at radius 1 is 1.14 bits per heavy atom. The van der Waals surface area contributed by atoms with Crippen LogP contribution in [0, 0.1) is 0 Å². The van der Waals surface area contributed by atoms with Gasteiger partial charge in [0.05, 0.1) is 11.4 Å². The van der Waals surface area contributed by atoms with E-state index in [1.54, 1.807) is 24.3 Å². The fourth-order valence-electron chi connectivity index (χ4n) is 2.96. The summed E-state index contributed by atoms with van der Waals surface area (Å²) in [6.45, 7) is 0. The third kappa shape index (κ3) is 3.97. The van der Waals surface area contributed by atoms with Crippen molar-refractivity contribution < 1.29 is 13.2 Å². The first-order chi connectivity index (χ1) is 13.4. The van der Waals surface area contributed by atoms with Gasteiger partial charge in [-0.3, -0.25) is 10.1 Å². The van der Waals surface area contributed by atoms with Crippen LogP contribution in [0.4, 0.5) is 5.13 Å². The average molecular weight is 412 g/mol. The molecule has 0 saturated carbocycles. The SMILES string of the molecule is CS(=O)(=O)Cc1ccc(C(=O)Nc2nc(-c3c[nH]c4ccccc34)cs2)cc1. The van der Waals surface area contributed by atoms with E-state index in [-0.39, 0.29) is 11.7 Å². The zero-order valence-corrected chi connectivity index (χ0v) is 16.6. The number of para-hydroxylation sites is 1. The summed E-state index contributed by atoms with van der Waals surface area (Å²) in [4.78, 5) is 20.2. The quantitative estimate of drug-likeness (QED) is 0.517. The smallest absolute Gasteiger partial charge is 0.257 e. The molecule has 0 spiro atoms. The summed E-state index contributed by atoms with van der Waals surface area (Å²) in [6.07, 6.45) is 3.09. The Balaban J connectivity index is 1.50. The van der Waals surface area contributed by atoms with Crippen LogP contribution in [-0.2, 0) is 15.6 Å². The molecule has 0 aliphatic rings. The number of benzene rings is 2. The van der Waals surface area contributed by atoms with Crippen molar-refractivity contribution in [2.24, 2.45) is 0 Å². The lowest BCUT2D eigenvalue weighted by atomic mass is 10.1. The lowest BCUT2D eigenvalue weighted by Crippen LogP contribution is -2.11. The minimum Gasteiger partial charge on any atom is -0.360 e. The highest BCUT2D eigenvalue weighted by Crippen LogP contribution is 2.31. The number of rotatable bonds is 5. The van der Waals surface area contributed by atoms with Crippen LogP contribution < -0.4 is 5.32 Å². The molecule has 142 valence electrons. The van der Waals surface area contributed by atoms with E-state index >= 15 is 0 Å². The second-order valence-corrected chi connectivity index (χ2v) is 9.51. The largest absolute Gasteiger partial charge is 0.360 e. The van der Waals surface area contributed by atoms with Crippen molar-refractivity contribution in [3.8, 4) is 11.3 Å². The number of H-pyrrole nitrogens is 1. The van der Waals surface area contributed by atoms with E-state index in [2.05, 4.69) is 15.3 Å². The van der Waals surface area contributed by atoms with E-state index in [1.165, 1.54) is 17.6 Å². The molecule has 0 saturated heterocycles. The van der Waals surface area contributed by atoms with Gasteiger partial charge in [-0.2, -0.15) is 0 Å². The molecular formula is C20H17N3O3S2. The third-order valence-electron chi connectivity index (χ3n) is 4.23. The van der Waals surface area contributed by atoms with E-state index in [1.807, 2.05) is 35.8 Å². The molecule has 0 unspecified atom stereocenters. The number of nitrogens with zero attached hydrogens (tertiary/aromatic N) is 1. The second-order valence-electron chi connectivity index (χ2n) is 6.51. The fourth-order valence-corrected chi connectivity index (χ4v) is 4.47. The lowest BCUT2D eigenvalue weighted by Gasteiger charge is -2.04. The zero-order chi connectivity index (χ0) is 19.7. The first-order valence-electron chi connectivity index (χ1n) is 8.49. The van der Waals surface area contributed by atoms with E-state index in [9.17, 15) is 13.2 Å². The van der Waals surface area contributed by atoms with Gasteiger partial charge in [-0.15, -0.1) is 11.3 Å². The highest BCUT2D eigenvalue weighted by atomic mass is 32.2. The van der Waals surface area contributed by atoms with Crippen molar-refractivity contribution in [1.29, 1.82) is 0 Å². The molecule has 0 aliphatic heterocycles. The van der Waals surface area contributed by atoms with Crippen molar-refractivity contribution in [1.82, 2.24) is 9.97 Å². The number of fused-ring (bicyclic) bond motifs is 1. The molecule has 1 amide bonds. The van der Waals surface area contributed by atoms with Crippen LogP contribution in [0.1, 0.15) is 15.9 Å². The number of hydrogen-bond donors (Lipinski definition) is 2. The number of hydrogen-bond acceptors (Lipinski definition) is 5. The number of carbonyl (C=O) groups is 1. The average Bonchev–Trinajstić information content (AvgIpc) is 3.27. The molecule has 2 N–H and O–H groups in total. The van der Waals surface area contributed by atoms with Gasteiger partial charge in [0, 0.05) is 39.9 Å². The normalized spacial score (nSPS) is 11.6. The zero-order valence-electron chi connectivity index (χ0n) is 15.0. The summed E-state index contributed by atoms with van der Waals surface area (Å²) >= 11 is 1.35. The second kappa shape index (κ2) is 7.21. The summed E-state index contributed by atoms with van der Waals surface area (Å²) in [5.74, 6) is -0.333. The predicted octanol–water partition coefficient (Wildman–Crippen LogP) is 4.09. The van der Waals surface area contributed by atoms with Gasteiger partial charge >= 0.3 is 0 Å². The molecule has 2 aromatic heterocycles. The van der Waals surface area contributed by atoms with E-state index < -0.39 is 9.84 Å². The number of nitrogens with one attached hydrogen (secondary N) is 2. The molecule has 4 rings (SSSR count). The van der Waals surface area contributed by atoms with Gasteiger partial charge in [-0.25, -0.2) is 13.4 Å². The molecule has 4 aromatic rings. The van der Waals surface area contributed by atoms with Crippen molar-refractivity contribution in [3.63, 3.8) is 0 Å². The number of aromatic amines is 1. The Kier molecular flexibility index (Phi) is 4.74. The summed E-state index contributed by atoms with van der Waals surface area (Å²) < 4.78 is 22.7. The molecule has 28 heavy (non-hydrogen) atoms.